The minimum atomic E-state index is -0.298. The quantitative estimate of drug-likeness (QED) is 0.608. The number of rotatable bonds is 6. The van der Waals surface area contributed by atoms with Crippen molar-refractivity contribution in [2.24, 2.45) is 0 Å². The topological polar surface area (TPSA) is 51.0 Å². The van der Waals surface area contributed by atoms with E-state index in [4.69, 9.17) is 0 Å². The predicted octanol–water partition coefficient (Wildman–Crippen LogP) is 3.70. The van der Waals surface area contributed by atoms with Crippen LogP contribution in [0.15, 0.2) is 59.8 Å². The van der Waals surface area contributed by atoms with Crippen molar-refractivity contribution in [2.45, 2.75) is 23.9 Å². The van der Waals surface area contributed by atoms with Gasteiger partial charge in [0.1, 0.15) is 5.82 Å². The number of thioether (sulfide) groups is 1. The van der Waals surface area contributed by atoms with Gasteiger partial charge in [-0.25, -0.2) is 4.39 Å². The minimum absolute atomic E-state index is 0.0117. The Balaban J connectivity index is 1.97. The van der Waals surface area contributed by atoms with Gasteiger partial charge in [-0.3, -0.25) is 9.36 Å². The van der Waals surface area contributed by atoms with Crippen molar-refractivity contribution >= 4 is 17.7 Å². The van der Waals surface area contributed by atoms with Crippen LogP contribution in [0.5, 0.6) is 0 Å². The fourth-order valence-electron chi connectivity index (χ4n) is 2.67. The van der Waals surface area contributed by atoms with Crippen molar-refractivity contribution < 1.29 is 9.18 Å². The first-order valence-corrected chi connectivity index (χ1v) is 9.44. The molecule has 0 bridgehead atoms. The molecule has 2 aromatic carbocycles. The molecule has 0 aliphatic heterocycles. The summed E-state index contributed by atoms with van der Waals surface area (Å²) in [6.07, 6.45) is 0. The van der Waals surface area contributed by atoms with Crippen molar-refractivity contribution in [1.82, 2.24) is 19.7 Å². The fourth-order valence-corrected chi connectivity index (χ4v) is 3.66. The van der Waals surface area contributed by atoms with Gasteiger partial charge in [-0.2, -0.15) is 0 Å². The largest absolute Gasteiger partial charge is 0.348 e. The van der Waals surface area contributed by atoms with Crippen LogP contribution in [0, 0.1) is 5.82 Å². The highest BCUT2D eigenvalue weighted by molar-refractivity contribution is 8.00. The highest BCUT2D eigenvalue weighted by atomic mass is 32.2. The van der Waals surface area contributed by atoms with Gasteiger partial charge in [0.2, 0.25) is 5.91 Å². The highest BCUT2D eigenvalue weighted by Gasteiger charge is 2.22. The molecule has 1 atom stereocenters. The number of carbonyl (C=O) groups is 1. The molecule has 1 amide bonds. The molecule has 0 saturated carbocycles. The van der Waals surface area contributed by atoms with E-state index in [1.165, 1.54) is 23.9 Å². The Labute approximate surface area is 162 Å². The third-order valence-corrected chi connectivity index (χ3v) is 5.14. The molecule has 7 heteroatoms. The molecule has 5 nitrogen and oxygen atoms in total. The second kappa shape index (κ2) is 8.35. The van der Waals surface area contributed by atoms with E-state index >= 15 is 0 Å². The predicted molar refractivity (Wildman–Crippen MR) is 105 cm³/mol. The van der Waals surface area contributed by atoms with Gasteiger partial charge in [-0.15, -0.1) is 10.2 Å². The number of amides is 1. The summed E-state index contributed by atoms with van der Waals surface area (Å²) in [6.45, 7) is 2.41. The monoisotopic (exact) mass is 384 g/mol. The second-order valence-corrected chi connectivity index (χ2v) is 7.69. The summed E-state index contributed by atoms with van der Waals surface area (Å²) in [6, 6.07) is 16.1. The van der Waals surface area contributed by atoms with Crippen LogP contribution in [-0.4, -0.2) is 44.9 Å². The lowest BCUT2D eigenvalue weighted by molar-refractivity contribution is -0.127. The summed E-state index contributed by atoms with van der Waals surface area (Å²) in [4.78, 5) is 13.8. The third-order valence-electron chi connectivity index (χ3n) is 4.07. The molecule has 0 aliphatic carbocycles. The van der Waals surface area contributed by atoms with E-state index in [-0.39, 0.29) is 17.0 Å². The summed E-state index contributed by atoms with van der Waals surface area (Å²) in [5.74, 6) is 0.358. The first-order valence-electron chi connectivity index (χ1n) is 8.56. The zero-order chi connectivity index (χ0) is 19.4. The Morgan fingerprint density at radius 3 is 2.41 bits per heavy atom. The van der Waals surface area contributed by atoms with Crippen LogP contribution in [0.1, 0.15) is 12.5 Å². The summed E-state index contributed by atoms with van der Waals surface area (Å²) >= 11 is 1.37. The molecular formula is C20H21FN4OS. The maximum absolute atomic E-state index is 13.3. The van der Waals surface area contributed by atoms with Crippen LogP contribution in [0.3, 0.4) is 0 Å². The van der Waals surface area contributed by atoms with E-state index < -0.39 is 0 Å². The van der Waals surface area contributed by atoms with Crippen molar-refractivity contribution in [3.8, 4) is 11.4 Å². The van der Waals surface area contributed by atoms with E-state index in [0.717, 1.165) is 11.1 Å². The van der Waals surface area contributed by atoms with Crippen LogP contribution in [0.4, 0.5) is 4.39 Å². The van der Waals surface area contributed by atoms with E-state index in [9.17, 15) is 9.18 Å². The van der Waals surface area contributed by atoms with Crippen molar-refractivity contribution in [2.75, 3.05) is 14.1 Å². The van der Waals surface area contributed by atoms with Gasteiger partial charge >= 0.3 is 0 Å². The van der Waals surface area contributed by atoms with Crippen molar-refractivity contribution in [3.05, 3.63) is 66.0 Å². The first kappa shape index (κ1) is 19.1. The maximum atomic E-state index is 13.3. The molecule has 0 saturated heterocycles. The number of nitrogens with zero attached hydrogens (tertiary/aromatic N) is 4. The summed E-state index contributed by atoms with van der Waals surface area (Å²) in [7, 11) is 3.47. The van der Waals surface area contributed by atoms with Crippen LogP contribution < -0.4 is 0 Å². The van der Waals surface area contributed by atoms with E-state index in [2.05, 4.69) is 10.2 Å². The van der Waals surface area contributed by atoms with Crippen LogP contribution in [0.2, 0.25) is 0 Å². The minimum Gasteiger partial charge on any atom is -0.348 e. The Kier molecular flexibility index (Phi) is 5.91. The zero-order valence-corrected chi connectivity index (χ0v) is 16.3. The van der Waals surface area contributed by atoms with E-state index in [0.29, 0.717) is 17.5 Å². The SMILES string of the molecule is CC(Sc1nnc(-c2ccc(F)cc2)n1Cc1ccccc1)C(=O)N(C)C. The lowest BCUT2D eigenvalue weighted by Gasteiger charge is -2.17. The van der Waals surface area contributed by atoms with E-state index in [1.54, 1.807) is 31.1 Å². The lowest BCUT2D eigenvalue weighted by atomic mass is 10.2. The third kappa shape index (κ3) is 4.54. The molecule has 3 aromatic rings. The molecular weight excluding hydrogens is 363 g/mol. The van der Waals surface area contributed by atoms with Gasteiger partial charge in [0.15, 0.2) is 11.0 Å². The van der Waals surface area contributed by atoms with E-state index in [1.807, 2.05) is 41.8 Å². The summed E-state index contributed by atoms with van der Waals surface area (Å²) in [5, 5.41) is 8.98. The number of aromatic nitrogens is 3. The van der Waals surface area contributed by atoms with Crippen LogP contribution in [-0.2, 0) is 11.3 Å². The Bertz CT molecular complexity index is 909. The lowest BCUT2D eigenvalue weighted by Crippen LogP contribution is -2.29. The molecule has 1 unspecified atom stereocenters. The molecule has 3 rings (SSSR count). The normalized spacial score (nSPS) is 12.0. The molecule has 0 spiro atoms. The zero-order valence-electron chi connectivity index (χ0n) is 15.5. The van der Waals surface area contributed by atoms with Gasteiger partial charge in [-0.1, -0.05) is 42.1 Å². The standard InChI is InChI=1S/C20H21FN4OS/c1-14(19(26)24(2)3)27-20-23-22-18(16-9-11-17(21)12-10-16)25(20)13-15-7-5-4-6-8-15/h4-12,14H,13H2,1-3H3. The van der Waals surface area contributed by atoms with Crippen LogP contribution in [0.25, 0.3) is 11.4 Å². The number of benzene rings is 2. The number of hydrogen-bond acceptors (Lipinski definition) is 4. The van der Waals surface area contributed by atoms with Gasteiger partial charge < -0.3 is 4.90 Å². The molecule has 0 radical (unpaired) electrons. The molecule has 140 valence electrons. The molecule has 1 heterocycles. The molecule has 1 aromatic heterocycles. The summed E-state index contributed by atoms with van der Waals surface area (Å²) in [5.41, 5.74) is 1.87. The van der Waals surface area contributed by atoms with Crippen LogP contribution >= 0.6 is 11.8 Å². The smallest absolute Gasteiger partial charge is 0.235 e. The Hall–Kier alpha value is -2.67. The summed E-state index contributed by atoms with van der Waals surface area (Å²) < 4.78 is 15.3. The number of carbonyl (C=O) groups excluding carboxylic acids is 1. The van der Waals surface area contributed by atoms with Gasteiger partial charge in [-0.05, 0) is 36.8 Å². The van der Waals surface area contributed by atoms with Crippen molar-refractivity contribution in [1.29, 1.82) is 0 Å². The first-order chi connectivity index (χ1) is 13.0. The van der Waals surface area contributed by atoms with Gasteiger partial charge in [0, 0.05) is 19.7 Å². The molecule has 0 N–H and O–H groups in total. The number of halogens is 1. The van der Waals surface area contributed by atoms with Crippen molar-refractivity contribution in [3.63, 3.8) is 0 Å². The Morgan fingerprint density at radius 1 is 1.11 bits per heavy atom. The molecule has 27 heavy (non-hydrogen) atoms. The average Bonchev–Trinajstić information content (AvgIpc) is 3.04. The van der Waals surface area contributed by atoms with Gasteiger partial charge in [0.05, 0.1) is 11.8 Å². The molecule has 0 aliphatic rings. The average molecular weight is 384 g/mol. The number of hydrogen-bond donors (Lipinski definition) is 0. The van der Waals surface area contributed by atoms with Gasteiger partial charge in [0.25, 0.3) is 0 Å². The Morgan fingerprint density at radius 2 is 1.78 bits per heavy atom. The highest BCUT2D eigenvalue weighted by Crippen LogP contribution is 2.28. The fraction of sp³-hybridized carbons (Fsp3) is 0.250. The molecule has 0 fully saturated rings. The second-order valence-electron chi connectivity index (χ2n) is 6.38. The maximum Gasteiger partial charge on any atom is 0.235 e.